The molecule has 0 amide bonds. The highest BCUT2D eigenvalue weighted by atomic mass is 14.7. The molecular formula is C26H46N2. The van der Waals surface area contributed by atoms with Crippen LogP contribution in [0, 0.1) is 17.9 Å². The molecule has 0 saturated heterocycles. The van der Waals surface area contributed by atoms with Crippen LogP contribution in [0.15, 0.2) is 11.3 Å². The first-order chi connectivity index (χ1) is 13.8. The van der Waals surface area contributed by atoms with Crippen molar-refractivity contribution < 1.29 is 0 Å². The highest BCUT2D eigenvalue weighted by Crippen LogP contribution is 2.22. The zero-order chi connectivity index (χ0) is 20.7. The smallest absolute Gasteiger partial charge is 0.227 e. The van der Waals surface area contributed by atoms with Crippen molar-refractivity contribution in [2.75, 3.05) is 0 Å². The van der Waals surface area contributed by atoms with E-state index in [0.29, 0.717) is 5.70 Å². The van der Waals surface area contributed by atoms with Crippen molar-refractivity contribution >= 4 is 0 Å². The van der Waals surface area contributed by atoms with Crippen molar-refractivity contribution in [2.45, 2.75) is 142 Å². The number of hydrogen-bond acceptors (Lipinski definition) is 1. The molecule has 2 nitrogen and oxygen atoms in total. The van der Waals surface area contributed by atoms with Crippen molar-refractivity contribution in [1.82, 2.24) is 0 Å². The van der Waals surface area contributed by atoms with Crippen molar-refractivity contribution in [1.29, 1.82) is 5.26 Å². The molecule has 0 heterocycles. The second-order valence-electron chi connectivity index (χ2n) is 8.33. The third-order valence-corrected chi connectivity index (χ3v) is 5.72. The van der Waals surface area contributed by atoms with Crippen LogP contribution in [0.1, 0.15) is 142 Å². The van der Waals surface area contributed by atoms with Gasteiger partial charge in [-0.25, -0.2) is 10.1 Å². The summed E-state index contributed by atoms with van der Waals surface area (Å²) < 4.78 is 0. The SMILES string of the molecule is [C-]#[N+]C(C#N)=C(CCCCCCCCCCC)CCCCCCCCCCC. The van der Waals surface area contributed by atoms with Gasteiger partial charge in [-0.2, -0.15) is 0 Å². The van der Waals surface area contributed by atoms with Gasteiger partial charge < -0.3 is 0 Å². The molecule has 0 unspecified atom stereocenters. The predicted molar refractivity (Wildman–Crippen MR) is 123 cm³/mol. The largest absolute Gasteiger partial charge is 0.261 e. The highest BCUT2D eigenvalue weighted by Gasteiger charge is 2.07. The molecule has 0 aromatic rings. The quantitative estimate of drug-likeness (QED) is 0.116. The first kappa shape index (κ1) is 26.7. The van der Waals surface area contributed by atoms with Crippen LogP contribution in [0.3, 0.4) is 0 Å². The molecule has 160 valence electrons. The minimum Gasteiger partial charge on any atom is -0.227 e. The molecule has 0 saturated carbocycles. The van der Waals surface area contributed by atoms with E-state index in [1.54, 1.807) is 0 Å². The van der Waals surface area contributed by atoms with Gasteiger partial charge in [-0.05, 0) is 12.8 Å². The van der Waals surface area contributed by atoms with Crippen molar-refractivity contribution in [3.05, 3.63) is 22.7 Å². The van der Waals surface area contributed by atoms with E-state index in [0.717, 1.165) is 31.3 Å². The van der Waals surface area contributed by atoms with Crippen LogP contribution < -0.4 is 0 Å². The Morgan fingerprint density at radius 3 is 1.21 bits per heavy atom. The van der Waals surface area contributed by atoms with Crippen molar-refractivity contribution in [3.8, 4) is 6.07 Å². The molecule has 0 aliphatic rings. The third kappa shape index (κ3) is 16.9. The zero-order valence-electron chi connectivity index (χ0n) is 19.0. The summed E-state index contributed by atoms with van der Waals surface area (Å²) in [6.07, 6.45) is 25.6. The van der Waals surface area contributed by atoms with Gasteiger partial charge in [0.25, 0.3) is 5.70 Å². The fourth-order valence-corrected chi connectivity index (χ4v) is 3.84. The summed E-state index contributed by atoms with van der Waals surface area (Å²) in [5.74, 6) is 0. The van der Waals surface area contributed by atoms with Gasteiger partial charge in [0, 0.05) is 0 Å². The topological polar surface area (TPSA) is 28.1 Å². The molecule has 0 fully saturated rings. The first-order valence-corrected chi connectivity index (χ1v) is 12.3. The molecule has 0 atom stereocenters. The minimum absolute atomic E-state index is 0.374. The summed E-state index contributed by atoms with van der Waals surface area (Å²) in [7, 11) is 0. The van der Waals surface area contributed by atoms with Crippen LogP contribution in [0.25, 0.3) is 4.85 Å². The van der Waals surface area contributed by atoms with E-state index in [1.807, 2.05) is 0 Å². The van der Waals surface area contributed by atoms with Gasteiger partial charge >= 0.3 is 0 Å². The van der Waals surface area contributed by atoms with E-state index in [4.69, 9.17) is 6.57 Å². The highest BCUT2D eigenvalue weighted by molar-refractivity contribution is 5.33. The fraction of sp³-hybridized carbons (Fsp3) is 0.846. The van der Waals surface area contributed by atoms with Gasteiger partial charge in [0.1, 0.15) is 0 Å². The number of allylic oxidation sites excluding steroid dienone is 2. The van der Waals surface area contributed by atoms with Crippen molar-refractivity contribution in [2.24, 2.45) is 0 Å². The summed E-state index contributed by atoms with van der Waals surface area (Å²) in [5.41, 5.74) is 1.50. The molecule has 0 aliphatic heterocycles. The lowest BCUT2D eigenvalue weighted by Crippen LogP contribution is -1.91. The second kappa shape index (κ2) is 22.0. The van der Waals surface area contributed by atoms with Crippen LogP contribution in [-0.2, 0) is 0 Å². The van der Waals surface area contributed by atoms with E-state index >= 15 is 0 Å². The number of nitriles is 1. The van der Waals surface area contributed by atoms with E-state index in [2.05, 4.69) is 24.8 Å². The molecule has 0 aliphatic carbocycles. The Morgan fingerprint density at radius 2 is 0.929 bits per heavy atom. The Morgan fingerprint density at radius 1 is 0.607 bits per heavy atom. The number of rotatable bonds is 20. The summed E-state index contributed by atoms with van der Waals surface area (Å²) in [6.45, 7) is 11.8. The zero-order valence-corrected chi connectivity index (χ0v) is 19.0. The molecule has 0 rings (SSSR count). The fourth-order valence-electron chi connectivity index (χ4n) is 3.84. The van der Waals surface area contributed by atoms with Crippen LogP contribution >= 0.6 is 0 Å². The lowest BCUT2D eigenvalue weighted by atomic mass is 9.98. The van der Waals surface area contributed by atoms with Gasteiger partial charge in [0.05, 0.1) is 12.6 Å². The van der Waals surface area contributed by atoms with Crippen LogP contribution in [-0.4, -0.2) is 0 Å². The number of unbranched alkanes of at least 4 members (excludes halogenated alkanes) is 16. The second-order valence-corrected chi connectivity index (χ2v) is 8.33. The molecule has 2 heteroatoms. The van der Waals surface area contributed by atoms with Gasteiger partial charge in [0.2, 0.25) is 0 Å². The molecular weight excluding hydrogens is 340 g/mol. The lowest BCUT2D eigenvalue weighted by molar-refractivity contribution is 0.552. The molecule has 28 heavy (non-hydrogen) atoms. The predicted octanol–water partition coefficient (Wildman–Crippen LogP) is 9.53. The van der Waals surface area contributed by atoms with Crippen LogP contribution in [0.4, 0.5) is 0 Å². The molecule has 0 radical (unpaired) electrons. The molecule has 0 aromatic heterocycles. The maximum atomic E-state index is 9.26. The molecule has 0 spiro atoms. The minimum atomic E-state index is 0.374. The van der Waals surface area contributed by atoms with Crippen LogP contribution in [0.5, 0.6) is 0 Å². The van der Waals surface area contributed by atoms with Gasteiger partial charge in [-0.1, -0.05) is 135 Å². The Labute approximate surface area is 176 Å². The Kier molecular flexibility index (Phi) is 21.0. The summed E-state index contributed by atoms with van der Waals surface area (Å²) >= 11 is 0. The Bertz CT molecular complexity index is 410. The molecule has 0 aromatic carbocycles. The molecule has 0 bridgehead atoms. The lowest BCUT2D eigenvalue weighted by Gasteiger charge is -2.09. The van der Waals surface area contributed by atoms with Crippen molar-refractivity contribution in [3.63, 3.8) is 0 Å². The van der Waals surface area contributed by atoms with Gasteiger partial charge in [0.15, 0.2) is 0 Å². The van der Waals surface area contributed by atoms with E-state index in [-0.39, 0.29) is 0 Å². The monoisotopic (exact) mass is 386 g/mol. The molecule has 0 N–H and O–H groups in total. The first-order valence-electron chi connectivity index (χ1n) is 12.3. The number of hydrogen-bond donors (Lipinski definition) is 0. The maximum absolute atomic E-state index is 9.26. The maximum Gasteiger partial charge on any atom is 0.261 e. The summed E-state index contributed by atoms with van der Waals surface area (Å²) in [6, 6.07) is 2.14. The standard InChI is InChI=1S/C26H46N2/c1-4-6-8-10-12-14-16-18-20-22-25(26(24-27)28-3)23-21-19-17-15-13-11-9-7-5-2/h4-23H2,1-2H3. The van der Waals surface area contributed by atoms with E-state index < -0.39 is 0 Å². The Hall–Kier alpha value is -1.28. The van der Waals surface area contributed by atoms with Gasteiger partial charge in [-0.3, -0.25) is 0 Å². The average Bonchev–Trinajstić information content (AvgIpc) is 2.71. The number of nitrogens with zero attached hydrogens (tertiary/aromatic N) is 2. The Balaban J connectivity index is 3.88. The average molecular weight is 387 g/mol. The summed E-state index contributed by atoms with van der Waals surface area (Å²) in [4.78, 5) is 3.49. The van der Waals surface area contributed by atoms with E-state index in [9.17, 15) is 5.26 Å². The van der Waals surface area contributed by atoms with E-state index in [1.165, 1.54) is 103 Å². The summed E-state index contributed by atoms with van der Waals surface area (Å²) in [5, 5.41) is 9.26. The third-order valence-electron chi connectivity index (χ3n) is 5.72. The normalized spacial score (nSPS) is 10.4. The van der Waals surface area contributed by atoms with Gasteiger partial charge in [-0.15, -0.1) is 0 Å². The van der Waals surface area contributed by atoms with Crippen LogP contribution in [0.2, 0.25) is 0 Å².